The topological polar surface area (TPSA) is 70.2 Å². The summed E-state index contributed by atoms with van der Waals surface area (Å²) in [5, 5.41) is 5.70. The van der Waals surface area contributed by atoms with Crippen LogP contribution in [-0.4, -0.2) is 41.7 Å². The minimum absolute atomic E-state index is 0.116. The SMILES string of the molecule is CC(C)NC(=O)NCC1CCN(c2ncc(F)cn2)CC1. The molecule has 0 saturated carbocycles. The van der Waals surface area contributed by atoms with Gasteiger partial charge in [0.15, 0.2) is 5.82 Å². The van der Waals surface area contributed by atoms with Crippen LogP contribution < -0.4 is 15.5 Å². The van der Waals surface area contributed by atoms with Gasteiger partial charge < -0.3 is 15.5 Å². The predicted octanol–water partition coefficient (Wildman–Crippen LogP) is 1.54. The van der Waals surface area contributed by atoms with Crippen LogP contribution in [0.15, 0.2) is 12.4 Å². The molecule has 6 nitrogen and oxygen atoms in total. The number of halogens is 1. The summed E-state index contributed by atoms with van der Waals surface area (Å²) in [6.45, 7) is 6.19. The lowest BCUT2D eigenvalue weighted by molar-refractivity contribution is 0.235. The first-order valence-electron chi connectivity index (χ1n) is 7.31. The molecule has 2 N–H and O–H groups in total. The second-order valence-electron chi connectivity index (χ2n) is 5.64. The summed E-state index contributed by atoms with van der Waals surface area (Å²) in [5.41, 5.74) is 0. The molecule has 0 bridgehead atoms. The van der Waals surface area contributed by atoms with E-state index >= 15 is 0 Å². The Hall–Kier alpha value is -1.92. The summed E-state index contributed by atoms with van der Waals surface area (Å²) < 4.78 is 12.8. The van der Waals surface area contributed by atoms with Gasteiger partial charge in [0.25, 0.3) is 0 Å². The zero-order chi connectivity index (χ0) is 15.2. The van der Waals surface area contributed by atoms with E-state index in [0.717, 1.165) is 25.9 Å². The molecule has 1 aliphatic heterocycles. The Labute approximate surface area is 124 Å². The molecule has 7 heteroatoms. The van der Waals surface area contributed by atoms with Crippen molar-refractivity contribution in [3.05, 3.63) is 18.2 Å². The van der Waals surface area contributed by atoms with Crippen molar-refractivity contribution in [3.8, 4) is 0 Å². The third kappa shape index (κ3) is 4.84. The first kappa shape index (κ1) is 15.5. The summed E-state index contributed by atoms with van der Waals surface area (Å²) in [6, 6.07) is 0.0248. The first-order valence-corrected chi connectivity index (χ1v) is 7.31. The molecule has 1 aromatic rings. The third-order valence-corrected chi connectivity index (χ3v) is 3.48. The normalized spacial score (nSPS) is 16.1. The van der Waals surface area contributed by atoms with Crippen LogP contribution in [0.1, 0.15) is 26.7 Å². The monoisotopic (exact) mass is 295 g/mol. The van der Waals surface area contributed by atoms with Crippen LogP contribution in [0.3, 0.4) is 0 Å². The van der Waals surface area contributed by atoms with E-state index in [-0.39, 0.29) is 12.1 Å². The highest BCUT2D eigenvalue weighted by Gasteiger charge is 2.21. The fraction of sp³-hybridized carbons (Fsp3) is 0.643. The summed E-state index contributed by atoms with van der Waals surface area (Å²) >= 11 is 0. The Balaban J connectivity index is 1.73. The van der Waals surface area contributed by atoms with E-state index in [9.17, 15) is 9.18 Å². The number of anilines is 1. The van der Waals surface area contributed by atoms with Gasteiger partial charge in [0.1, 0.15) is 0 Å². The lowest BCUT2D eigenvalue weighted by atomic mass is 9.97. The highest BCUT2D eigenvalue weighted by Crippen LogP contribution is 2.19. The van der Waals surface area contributed by atoms with Gasteiger partial charge in [-0.15, -0.1) is 0 Å². The fourth-order valence-corrected chi connectivity index (χ4v) is 2.36. The van der Waals surface area contributed by atoms with Gasteiger partial charge in [0.05, 0.1) is 12.4 Å². The molecule has 0 radical (unpaired) electrons. The Bertz CT molecular complexity index is 457. The van der Waals surface area contributed by atoms with Crippen LogP contribution in [0.5, 0.6) is 0 Å². The van der Waals surface area contributed by atoms with Crippen LogP contribution in [0.2, 0.25) is 0 Å². The van der Waals surface area contributed by atoms with E-state index in [1.807, 2.05) is 18.7 Å². The number of carbonyl (C=O) groups is 1. The lowest BCUT2D eigenvalue weighted by Crippen LogP contribution is -2.44. The Kier molecular flexibility index (Phi) is 5.30. The third-order valence-electron chi connectivity index (χ3n) is 3.48. The summed E-state index contributed by atoms with van der Waals surface area (Å²) in [4.78, 5) is 21.6. The Morgan fingerprint density at radius 2 is 2.00 bits per heavy atom. The summed E-state index contributed by atoms with van der Waals surface area (Å²) in [7, 11) is 0. The quantitative estimate of drug-likeness (QED) is 0.884. The fourth-order valence-electron chi connectivity index (χ4n) is 2.36. The van der Waals surface area contributed by atoms with E-state index in [2.05, 4.69) is 20.6 Å². The molecule has 2 amide bonds. The van der Waals surface area contributed by atoms with Crippen LogP contribution in [-0.2, 0) is 0 Å². The van der Waals surface area contributed by atoms with E-state index in [1.165, 1.54) is 12.4 Å². The van der Waals surface area contributed by atoms with Crippen LogP contribution in [0.4, 0.5) is 15.1 Å². The van der Waals surface area contributed by atoms with E-state index in [1.54, 1.807) is 0 Å². The number of aromatic nitrogens is 2. The number of amides is 2. The predicted molar refractivity (Wildman–Crippen MR) is 78.6 cm³/mol. The summed E-state index contributed by atoms with van der Waals surface area (Å²) in [6.07, 6.45) is 4.30. The van der Waals surface area contributed by atoms with E-state index < -0.39 is 5.82 Å². The minimum Gasteiger partial charge on any atom is -0.341 e. The van der Waals surface area contributed by atoms with Gasteiger partial charge in [0.2, 0.25) is 5.95 Å². The molecule has 0 aromatic carbocycles. The van der Waals surface area contributed by atoms with E-state index in [0.29, 0.717) is 18.4 Å². The number of rotatable bonds is 4. The maximum atomic E-state index is 12.8. The largest absolute Gasteiger partial charge is 0.341 e. The molecule has 116 valence electrons. The van der Waals surface area contributed by atoms with Gasteiger partial charge in [-0.05, 0) is 32.6 Å². The minimum atomic E-state index is -0.422. The smallest absolute Gasteiger partial charge is 0.314 e. The number of hydrogen-bond donors (Lipinski definition) is 2. The molecule has 0 spiro atoms. The van der Waals surface area contributed by atoms with E-state index in [4.69, 9.17) is 0 Å². The van der Waals surface area contributed by atoms with Gasteiger partial charge in [-0.3, -0.25) is 0 Å². The van der Waals surface area contributed by atoms with Crippen molar-refractivity contribution in [1.82, 2.24) is 20.6 Å². The number of hydrogen-bond acceptors (Lipinski definition) is 4. The average Bonchev–Trinajstić information content (AvgIpc) is 2.46. The van der Waals surface area contributed by atoms with Gasteiger partial charge >= 0.3 is 6.03 Å². The number of urea groups is 1. The zero-order valence-electron chi connectivity index (χ0n) is 12.5. The highest BCUT2D eigenvalue weighted by atomic mass is 19.1. The van der Waals surface area contributed by atoms with Gasteiger partial charge in [-0.25, -0.2) is 19.2 Å². The number of nitrogens with zero attached hydrogens (tertiary/aromatic N) is 3. The number of nitrogens with one attached hydrogen (secondary N) is 2. The highest BCUT2D eigenvalue weighted by molar-refractivity contribution is 5.74. The van der Waals surface area contributed by atoms with Gasteiger partial charge in [-0.1, -0.05) is 0 Å². The van der Waals surface area contributed by atoms with Crippen LogP contribution in [0, 0.1) is 11.7 Å². The standard InChI is InChI=1S/C14H22FN5O/c1-10(2)19-14(21)18-7-11-3-5-20(6-4-11)13-16-8-12(15)9-17-13/h8-11H,3-7H2,1-2H3,(H2,18,19,21). The second-order valence-corrected chi connectivity index (χ2v) is 5.64. The van der Waals surface area contributed by atoms with Crippen LogP contribution in [0.25, 0.3) is 0 Å². The van der Waals surface area contributed by atoms with Gasteiger partial charge in [-0.2, -0.15) is 0 Å². The van der Waals surface area contributed by atoms with Gasteiger partial charge in [0, 0.05) is 25.7 Å². The number of carbonyl (C=O) groups excluding carboxylic acids is 1. The zero-order valence-corrected chi connectivity index (χ0v) is 12.5. The molecule has 2 heterocycles. The number of piperidine rings is 1. The molecule has 1 saturated heterocycles. The molecule has 1 fully saturated rings. The Morgan fingerprint density at radius 1 is 1.38 bits per heavy atom. The van der Waals surface area contributed by atoms with Crippen molar-refractivity contribution in [2.24, 2.45) is 5.92 Å². The van der Waals surface area contributed by atoms with Crippen molar-refractivity contribution < 1.29 is 9.18 Å². The molecule has 0 unspecified atom stereocenters. The molecule has 2 rings (SSSR count). The van der Waals surface area contributed by atoms with Crippen molar-refractivity contribution in [2.75, 3.05) is 24.5 Å². The molecule has 1 aliphatic rings. The average molecular weight is 295 g/mol. The second kappa shape index (κ2) is 7.19. The lowest BCUT2D eigenvalue weighted by Gasteiger charge is -2.32. The molecule has 21 heavy (non-hydrogen) atoms. The maximum absolute atomic E-state index is 12.8. The molecule has 0 atom stereocenters. The molecule has 1 aromatic heterocycles. The molecular weight excluding hydrogens is 273 g/mol. The molecular formula is C14H22FN5O. The van der Waals surface area contributed by atoms with Crippen molar-refractivity contribution in [3.63, 3.8) is 0 Å². The van der Waals surface area contributed by atoms with Crippen molar-refractivity contribution in [1.29, 1.82) is 0 Å². The summed E-state index contributed by atoms with van der Waals surface area (Å²) in [5.74, 6) is 0.606. The molecule has 0 aliphatic carbocycles. The van der Waals surface area contributed by atoms with Crippen molar-refractivity contribution >= 4 is 12.0 Å². The first-order chi connectivity index (χ1) is 10.0. The van der Waals surface area contributed by atoms with Crippen LogP contribution >= 0.6 is 0 Å². The maximum Gasteiger partial charge on any atom is 0.314 e. The Morgan fingerprint density at radius 3 is 2.57 bits per heavy atom. The van der Waals surface area contributed by atoms with Crippen molar-refractivity contribution in [2.45, 2.75) is 32.7 Å².